The van der Waals surface area contributed by atoms with Gasteiger partial charge in [-0.1, -0.05) is 121 Å². The quantitative estimate of drug-likeness (QED) is 0.167. The van der Waals surface area contributed by atoms with E-state index in [4.69, 9.17) is 0 Å². The third-order valence-electron chi connectivity index (χ3n) is 11.3. The SMILES string of the molecule is c1ccc(-n2c3ccccc3c3ccc(N(c4cccc5c4-c4cccc6cc7ccccc7c-5c46)c4cccc5sc6ccccc6c45)cc32)cc1. The summed E-state index contributed by atoms with van der Waals surface area (Å²) in [6, 6.07) is 67.2. The van der Waals surface area contributed by atoms with E-state index in [1.54, 1.807) is 0 Å². The van der Waals surface area contributed by atoms with Crippen LogP contribution in [-0.2, 0) is 0 Å². The van der Waals surface area contributed by atoms with Crippen LogP contribution in [0.4, 0.5) is 17.1 Å². The molecule has 0 bridgehead atoms. The zero-order valence-electron chi connectivity index (χ0n) is 28.6. The zero-order chi connectivity index (χ0) is 34.6. The van der Waals surface area contributed by atoms with Crippen LogP contribution >= 0.6 is 11.3 Å². The molecule has 1 aliphatic rings. The standard InChI is InChI=1S/C50H30N2S/c1-2-15-33(16-3-1)51-41-22-8-6-18-36(41)37-28-27-34(30-44(37)51)52(43-24-12-26-46-50(43)38-19-7-9-25-45(38)53-46)42-23-11-21-40-48(42)39-20-10-14-32-29-31-13-4-5-17-35(31)49(40)47(32)39/h1-30H. The van der Waals surface area contributed by atoms with Crippen molar-refractivity contribution in [1.29, 1.82) is 0 Å². The summed E-state index contributed by atoms with van der Waals surface area (Å²) in [7, 11) is 0. The minimum absolute atomic E-state index is 1.13. The third-order valence-corrected chi connectivity index (χ3v) is 12.4. The van der Waals surface area contributed by atoms with Gasteiger partial charge in [0.05, 0.1) is 22.4 Å². The Morgan fingerprint density at radius 3 is 2.00 bits per heavy atom. The van der Waals surface area contributed by atoms with E-state index in [0.717, 1.165) is 11.4 Å². The zero-order valence-corrected chi connectivity index (χ0v) is 29.4. The summed E-state index contributed by atoms with van der Waals surface area (Å²) in [6.07, 6.45) is 0. The topological polar surface area (TPSA) is 8.17 Å². The molecule has 2 nitrogen and oxygen atoms in total. The maximum Gasteiger partial charge on any atom is 0.0561 e. The number of anilines is 3. The Labute approximate surface area is 310 Å². The smallest absolute Gasteiger partial charge is 0.0561 e. The molecule has 0 spiro atoms. The summed E-state index contributed by atoms with van der Waals surface area (Å²) in [4.78, 5) is 2.54. The van der Waals surface area contributed by atoms with Gasteiger partial charge in [0.1, 0.15) is 0 Å². The van der Waals surface area contributed by atoms with Gasteiger partial charge in [-0.25, -0.2) is 0 Å². The second-order valence-electron chi connectivity index (χ2n) is 14.0. The minimum Gasteiger partial charge on any atom is -0.309 e. The summed E-state index contributed by atoms with van der Waals surface area (Å²) < 4.78 is 5.01. The molecule has 0 saturated carbocycles. The Kier molecular flexibility index (Phi) is 5.96. The molecule has 2 heterocycles. The van der Waals surface area contributed by atoms with Crippen LogP contribution in [0.15, 0.2) is 182 Å². The van der Waals surface area contributed by atoms with Crippen LogP contribution in [0.3, 0.4) is 0 Å². The lowest BCUT2D eigenvalue weighted by Gasteiger charge is -2.29. The largest absolute Gasteiger partial charge is 0.309 e. The molecule has 0 N–H and O–H groups in total. The van der Waals surface area contributed by atoms with Gasteiger partial charge < -0.3 is 9.47 Å². The number of aromatic nitrogens is 1. The van der Waals surface area contributed by atoms with E-state index >= 15 is 0 Å². The Balaban J connectivity index is 1.21. The van der Waals surface area contributed by atoms with Crippen LogP contribution in [0.25, 0.3) is 91.5 Å². The van der Waals surface area contributed by atoms with E-state index in [9.17, 15) is 0 Å². The maximum atomic E-state index is 2.54. The van der Waals surface area contributed by atoms with Crippen LogP contribution in [0.1, 0.15) is 0 Å². The highest BCUT2D eigenvalue weighted by Gasteiger charge is 2.30. The first-order valence-corrected chi connectivity index (χ1v) is 19.0. The Bertz CT molecular complexity index is 3290. The third kappa shape index (κ3) is 4.03. The summed E-state index contributed by atoms with van der Waals surface area (Å²) in [5.41, 5.74) is 12.2. The average molecular weight is 691 g/mol. The molecule has 9 aromatic carbocycles. The van der Waals surface area contributed by atoms with Crippen LogP contribution in [0.5, 0.6) is 0 Å². The lowest BCUT2D eigenvalue weighted by Crippen LogP contribution is -2.12. The van der Waals surface area contributed by atoms with Crippen molar-refractivity contribution in [3.63, 3.8) is 0 Å². The van der Waals surface area contributed by atoms with Gasteiger partial charge in [-0.15, -0.1) is 11.3 Å². The summed E-state index contributed by atoms with van der Waals surface area (Å²) >= 11 is 1.87. The van der Waals surface area contributed by atoms with Crippen molar-refractivity contribution in [2.45, 2.75) is 0 Å². The van der Waals surface area contributed by atoms with E-state index in [0.29, 0.717) is 0 Å². The molecule has 1 aliphatic carbocycles. The molecule has 0 radical (unpaired) electrons. The highest BCUT2D eigenvalue weighted by atomic mass is 32.1. The van der Waals surface area contributed by atoms with Crippen molar-refractivity contribution in [3.05, 3.63) is 182 Å². The van der Waals surface area contributed by atoms with Crippen molar-refractivity contribution in [2.24, 2.45) is 0 Å². The Hall–Kier alpha value is -6.68. The molecule has 0 unspecified atom stereocenters. The summed E-state index contributed by atoms with van der Waals surface area (Å²) in [5, 5.41) is 10.3. The number of nitrogens with zero attached hydrogens (tertiary/aromatic N) is 2. The lowest BCUT2D eigenvalue weighted by molar-refractivity contribution is 1.18. The van der Waals surface area contributed by atoms with Gasteiger partial charge in [0.25, 0.3) is 0 Å². The van der Waals surface area contributed by atoms with Crippen LogP contribution < -0.4 is 4.90 Å². The van der Waals surface area contributed by atoms with Crippen LogP contribution in [0.2, 0.25) is 0 Å². The number of hydrogen-bond donors (Lipinski definition) is 0. The first-order valence-electron chi connectivity index (χ1n) is 18.2. The summed E-state index contributed by atoms with van der Waals surface area (Å²) in [5.74, 6) is 0. The molecule has 3 heteroatoms. The van der Waals surface area contributed by atoms with Gasteiger partial charge in [-0.05, 0) is 98.9 Å². The van der Waals surface area contributed by atoms with Gasteiger partial charge in [0, 0.05) is 47.9 Å². The van der Waals surface area contributed by atoms with E-state index in [1.165, 1.54) is 97.2 Å². The highest BCUT2D eigenvalue weighted by molar-refractivity contribution is 7.26. The van der Waals surface area contributed by atoms with Gasteiger partial charge in [0.2, 0.25) is 0 Å². The molecule has 11 aromatic rings. The first kappa shape index (κ1) is 29.0. The molecule has 53 heavy (non-hydrogen) atoms. The second-order valence-corrected chi connectivity index (χ2v) is 15.1. The fourth-order valence-electron chi connectivity index (χ4n) is 9.13. The van der Waals surface area contributed by atoms with Crippen molar-refractivity contribution in [2.75, 3.05) is 4.90 Å². The monoisotopic (exact) mass is 690 g/mol. The van der Waals surface area contributed by atoms with Crippen LogP contribution in [-0.4, -0.2) is 4.57 Å². The Morgan fingerprint density at radius 1 is 0.396 bits per heavy atom. The van der Waals surface area contributed by atoms with Crippen molar-refractivity contribution in [1.82, 2.24) is 4.57 Å². The van der Waals surface area contributed by atoms with E-state index in [-0.39, 0.29) is 0 Å². The predicted octanol–water partition coefficient (Wildman–Crippen LogP) is 14.6. The van der Waals surface area contributed by atoms with Crippen molar-refractivity contribution < 1.29 is 0 Å². The minimum atomic E-state index is 1.13. The van der Waals surface area contributed by atoms with Gasteiger partial charge in [-0.3, -0.25) is 0 Å². The number of fused-ring (bicyclic) bond motifs is 11. The fourth-order valence-corrected chi connectivity index (χ4v) is 10.3. The van der Waals surface area contributed by atoms with E-state index in [2.05, 4.69) is 191 Å². The van der Waals surface area contributed by atoms with Gasteiger partial charge in [0.15, 0.2) is 0 Å². The number of thiophene rings is 1. The normalized spacial score (nSPS) is 12.2. The van der Waals surface area contributed by atoms with E-state index < -0.39 is 0 Å². The number of hydrogen-bond acceptors (Lipinski definition) is 2. The molecule has 0 aliphatic heterocycles. The van der Waals surface area contributed by atoms with Crippen molar-refractivity contribution >= 4 is 91.9 Å². The average Bonchev–Trinajstić information content (AvgIpc) is 3.88. The predicted molar refractivity (Wildman–Crippen MR) is 228 cm³/mol. The van der Waals surface area contributed by atoms with Gasteiger partial charge in [-0.2, -0.15) is 0 Å². The van der Waals surface area contributed by atoms with Crippen LogP contribution in [0, 0.1) is 0 Å². The van der Waals surface area contributed by atoms with E-state index in [1.807, 2.05) is 11.3 Å². The number of para-hydroxylation sites is 2. The number of rotatable bonds is 4. The molecule has 0 fully saturated rings. The summed E-state index contributed by atoms with van der Waals surface area (Å²) in [6.45, 7) is 0. The molecule has 246 valence electrons. The molecule has 0 saturated heterocycles. The first-order chi connectivity index (χ1) is 26.3. The molecule has 0 amide bonds. The number of benzene rings is 9. The van der Waals surface area contributed by atoms with Crippen molar-refractivity contribution in [3.8, 4) is 27.9 Å². The molecular formula is C50H30N2S. The Morgan fingerprint density at radius 2 is 1.08 bits per heavy atom. The lowest BCUT2D eigenvalue weighted by atomic mass is 9.96. The molecule has 0 atom stereocenters. The molecule has 2 aromatic heterocycles. The highest BCUT2D eigenvalue weighted by Crippen LogP contribution is 2.56. The second kappa shape index (κ2) is 10.9. The fraction of sp³-hybridized carbons (Fsp3) is 0. The van der Waals surface area contributed by atoms with Gasteiger partial charge >= 0.3 is 0 Å². The molecular weight excluding hydrogens is 661 g/mol. The molecule has 12 rings (SSSR count). The maximum absolute atomic E-state index is 2.54.